The maximum absolute atomic E-state index is 12.0. The summed E-state index contributed by atoms with van der Waals surface area (Å²) in [5.74, 6) is 5.78. The molecule has 0 spiro atoms. The van der Waals surface area contributed by atoms with E-state index in [4.69, 9.17) is 4.74 Å². The van der Waals surface area contributed by atoms with Gasteiger partial charge in [0.15, 0.2) is 0 Å². The van der Waals surface area contributed by atoms with Crippen molar-refractivity contribution in [2.45, 2.75) is 6.92 Å². The van der Waals surface area contributed by atoms with Crippen molar-refractivity contribution < 1.29 is 14.3 Å². The van der Waals surface area contributed by atoms with Crippen molar-refractivity contribution in [1.29, 1.82) is 0 Å². The number of hydrogen-bond donors (Lipinski definition) is 1. The minimum Gasteiger partial charge on any atom is -0.447 e. The molecule has 2 aromatic carbocycles. The first-order valence-corrected chi connectivity index (χ1v) is 8.01. The third-order valence-corrected chi connectivity index (χ3v) is 3.79. The van der Waals surface area contributed by atoms with E-state index in [2.05, 4.69) is 17.2 Å². The second kappa shape index (κ2) is 7.54. The molecule has 1 saturated heterocycles. The first-order valence-electron chi connectivity index (χ1n) is 8.01. The fourth-order valence-corrected chi connectivity index (χ4v) is 2.51. The van der Waals surface area contributed by atoms with Crippen LogP contribution in [0.4, 0.5) is 10.5 Å². The van der Waals surface area contributed by atoms with Crippen molar-refractivity contribution in [2.24, 2.45) is 0 Å². The van der Waals surface area contributed by atoms with E-state index >= 15 is 0 Å². The summed E-state index contributed by atoms with van der Waals surface area (Å²) in [6.07, 6.45) is -0.322. The maximum atomic E-state index is 12.0. The lowest BCUT2D eigenvalue weighted by atomic mass is 10.1. The third kappa shape index (κ3) is 4.18. The number of carbonyl (C=O) groups excluding carboxylic acids is 2. The normalized spacial score (nSPS) is 13.0. The topological polar surface area (TPSA) is 58.6 Å². The van der Waals surface area contributed by atoms with E-state index < -0.39 is 0 Å². The molecular formula is C20H18N2O3. The van der Waals surface area contributed by atoms with Crippen LogP contribution in [-0.4, -0.2) is 31.7 Å². The van der Waals surface area contributed by atoms with E-state index in [0.717, 1.165) is 16.8 Å². The Morgan fingerprint density at radius 1 is 1.24 bits per heavy atom. The Hall–Kier alpha value is -3.26. The first kappa shape index (κ1) is 16.6. The van der Waals surface area contributed by atoms with Crippen molar-refractivity contribution in [3.8, 4) is 11.8 Å². The average molecular weight is 334 g/mol. The van der Waals surface area contributed by atoms with E-state index in [1.165, 1.54) is 0 Å². The number of ether oxygens (including phenoxy) is 1. The largest absolute Gasteiger partial charge is 0.447 e. The summed E-state index contributed by atoms with van der Waals surface area (Å²) in [7, 11) is 0. The fourth-order valence-electron chi connectivity index (χ4n) is 2.51. The molecule has 1 aliphatic rings. The number of nitrogens with zero attached hydrogens (tertiary/aromatic N) is 1. The number of cyclic esters (lactones) is 1. The Morgan fingerprint density at radius 2 is 2.04 bits per heavy atom. The molecule has 5 heteroatoms. The maximum Gasteiger partial charge on any atom is 0.414 e. The number of anilines is 1. The molecule has 0 aliphatic carbocycles. The summed E-state index contributed by atoms with van der Waals surface area (Å²) < 4.78 is 4.91. The Balaban J connectivity index is 1.55. The molecule has 2 amide bonds. The summed E-state index contributed by atoms with van der Waals surface area (Å²) in [6.45, 7) is 3.20. The molecule has 0 saturated carbocycles. The fraction of sp³-hybridized carbons (Fsp3) is 0.200. The van der Waals surface area contributed by atoms with Crippen LogP contribution in [0.3, 0.4) is 0 Å². The van der Waals surface area contributed by atoms with Crippen LogP contribution >= 0.6 is 0 Å². The van der Waals surface area contributed by atoms with E-state index in [1.807, 2.05) is 49.4 Å². The lowest BCUT2D eigenvalue weighted by Crippen LogP contribution is -2.23. The Bertz CT molecular complexity index is 847. The van der Waals surface area contributed by atoms with E-state index in [9.17, 15) is 9.59 Å². The monoisotopic (exact) mass is 334 g/mol. The van der Waals surface area contributed by atoms with Crippen LogP contribution in [0.1, 0.15) is 21.5 Å². The second-order valence-corrected chi connectivity index (χ2v) is 5.67. The zero-order valence-corrected chi connectivity index (χ0v) is 13.9. The number of hydrogen-bond acceptors (Lipinski definition) is 3. The van der Waals surface area contributed by atoms with Gasteiger partial charge in [0.1, 0.15) is 6.61 Å². The van der Waals surface area contributed by atoms with Gasteiger partial charge in [-0.15, -0.1) is 0 Å². The molecule has 126 valence electrons. The van der Waals surface area contributed by atoms with Crippen LogP contribution in [0.25, 0.3) is 0 Å². The van der Waals surface area contributed by atoms with Gasteiger partial charge in [-0.3, -0.25) is 9.69 Å². The molecule has 1 heterocycles. The van der Waals surface area contributed by atoms with Gasteiger partial charge >= 0.3 is 6.09 Å². The van der Waals surface area contributed by atoms with Crippen LogP contribution in [0.2, 0.25) is 0 Å². The highest BCUT2D eigenvalue weighted by Crippen LogP contribution is 2.18. The molecule has 2 aromatic rings. The van der Waals surface area contributed by atoms with Crippen LogP contribution in [-0.2, 0) is 4.74 Å². The SMILES string of the molecule is Cc1cccc(C(=O)NCC#Cc2ccc(N3CCOC3=O)cc2)c1. The number of nitrogens with one attached hydrogen (secondary N) is 1. The highest BCUT2D eigenvalue weighted by Gasteiger charge is 2.23. The molecule has 1 aliphatic heterocycles. The molecule has 3 rings (SSSR count). The van der Waals surface area contributed by atoms with Crippen LogP contribution in [0.5, 0.6) is 0 Å². The summed E-state index contributed by atoms with van der Waals surface area (Å²) in [5, 5.41) is 2.78. The molecular weight excluding hydrogens is 316 g/mol. The second-order valence-electron chi connectivity index (χ2n) is 5.67. The van der Waals surface area contributed by atoms with Gasteiger partial charge in [-0.2, -0.15) is 0 Å². The van der Waals surface area contributed by atoms with Crippen LogP contribution in [0.15, 0.2) is 48.5 Å². The molecule has 25 heavy (non-hydrogen) atoms. The van der Waals surface area contributed by atoms with Crippen LogP contribution < -0.4 is 10.2 Å². The standard InChI is InChI=1S/C20H18N2O3/c1-15-4-2-6-17(14-15)19(23)21-11-3-5-16-7-9-18(10-8-16)22-12-13-25-20(22)24/h2,4,6-10,14H,11-13H2,1H3,(H,21,23). The third-order valence-electron chi connectivity index (χ3n) is 3.79. The lowest BCUT2D eigenvalue weighted by Gasteiger charge is -2.11. The Morgan fingerprint density at radius 3 is 2.72 bits per heavy atom. The average Bonchev–Trinajstić information content (AvgIpc) is 3.05. The molecule has 0 bridgehead atoms. The highest BCUT2D eigenvalue weighted by atomic mass is 16.6. The van der Waals surface area contributed by atoms with Crippen LogP contribution in [0, 0.1) is 18.8 Å². The Kier molecular flexibility index (Phi) is 5.00. The summed E-state index contributed by atoms with van der Waals surface area (Å²) in [4.78, 5) is 25.1. The van der Waals surface area contributed by atoms with Crippen molar-refractivity contribution in [2.75, 3.05) is 24.6 Å². The van der Waals surface area contributed by atoms with Gasteiger partial charge in [0.2, 0.25) is 0 Å². The lowest BCUT2D eigenvalue weighted by molar-refractivity contribution is 0.0958. The number of aryl methyl sites for hydroxylation is 1. The zero-order valence-electron chi connectivity index (χ0n) is 13.9. The van der Waals surface area contributed by atoms with Crippen molar-refractivity contribution >= 4 is 17.7 Å². The quantitative estimate of drug-likeness (QED) is 0.878. The highest BCUT2D eigenvalue weighted by molar-refractivity contribution is 5.94. The minimum absolute atomic E-state index is 0.138. The van der Waals surface area contributed by atoms with Gasteiger partial charge < -0.3 is 10.1 Å². The molecule has 1 N–H and O–H groups in total. The van der Waals surface area contributed by atoms with Gasteiger partial charge in [0, 0.05) is 16.8 Å². The predicted octanol–water partition coefficient (Wildman–Crippen LogP) is 2.73. The molecule has 5 nitrogen and oxygen atoms in total. The zero-order chi connectivity index (χ0) is 17.6. The van der Waals surface area contributed by atoms with Crippen molar-refractivity contribution in [1.82, 2.24) is 5.32 Å². The van der Waals surface area contributed by atoms with Gasteiger partial charge in [-0.1, -0.05) is 29.5 Å². The summed E-state index contributed by atoms with van der Waals surface area (Å²) in [6, 6.07) is 14.8. The van der Waals surface area contributed by atoms with Crippen molar-refractivity contribution in [3.63, 3.8) is 0 Å². The Labute approximate surface area is 146 Å². The molecule has 0 radical (unpaired) electrons. The number of carbonyl (C=O) groups is 2. The van der Waals surface area contributed by atoms with E-state index in [-0.39, 0.29) is 18.5 Å². The van der Waals surface area contributed by atoms with Gasteiger partial charge in [-0.25, -0.2) is 4.79 Å². The van der Waals surface area contributed by atoms with E-state index in [1.54, 1.807) is 11.0 Å². The number of amides is 2. The molecule has 0 aromatic heterocycles. The van der Waals surface area contributed by atoms with Crippen molar-refractivity contribution in [3.05, 3.63) is 65.2 Å². The predicted molar refractivity (Wildman–Crippen MR) is 95.5 cm³/mol. The van der Waals surface area contributed by atoms with Gasteiger partial charge in [0.05, 0.1) is 13.1 Å². The molecule has 1 fully saturated rings. The molecule has 0 unspecified atom stereocenters. The van der Waals surface area contributed by atoms with Gasteiger partial charge in [-0.05, 0) is 43.3 Å². The molecule has 0 atom stereocenters. The number of rotatable bonds is 3. The summed E-state index contributed by atoms with van der Waals surface area (Å²) >= 11 is 0. The van der Waals surface area contributed by atoms with Gasteiger partial charge in [0.25, 0.3) is 5.91 Å². The first-order chi connectivity index (χ1) is 12.1. The minimum atomic E-state index is -0.322. The number of benzene rings is 2. The van der Waals surface area contributed by atoms with E-state index in [0.29, 0.717) is 18.7 Å². The smallest absolute Gasteiger partial charge is 0.414 e. The summed E-state index contributed by atoms with van der Waals surface area (Å²) in [5.41, 5.74) is 3.28.